The molecule has 0 aliphatic heterocycles. The zero-order chi connectivity index (χ0) is 16.4. The lowest BCUT2D eigenvalue weighted by Gasteiger charge is -2.07. The third-order valence-electron chi connectivity index (χ3n) is 3.64. The molecule has 3 rings (SSSR count). The van der Waals surface area contributed by atoms with Gasteiger partial charge in [0.05, 0.1) is 28.3 Å². The van der Waals surface area contributed by atoms with Crippen LogP contribution in [0.3, 0.4) is 0 Å². The molecule has 116 valence electrons. The second-order valence-corrected chi connectivity index (χ2v) is 5.23. The van der Waals surface area contributed by atoms with E-state index in [-0.39, 0.29) is 11.6 Å². The van der Waals surface area contributed by atoms with E-state index in [0.717, 1.165) is 5.69 Å². The Balaban J connectivity index is 1.96. The van der Waals surface area contributed by atoms with Crippen molar-refractivity contribution in [1.82, 2.24) is 9.78 Å². The second kappa shape index (κ2) is 6.04. The standard InChI is InChI=1S/C18H16FN3O/c1-12-17(18(23)20-16-11-7-6-10-15(16)19)13(2)22(21-12)14-8-4-3-5-9-14/h3-11H,1-2H3,(H,20,23). The summed E-state index contributed by atoms with van der Waals surface area (Å²) < 4.78 is 15.4. The van der Waals surface area contributed by atoms with Gasteiger partial charge in [0.2, 0.25) is 0 Å². The Labute approximate surface area is 133 Å². The summed E-state index contributed by atoms with van der Waals surface area (Å²) in [7, 11) is 0. The molecule has 4 nitrogen and oxygen atoms in total. The highest BCUT2D eigenvalue weighted by Crippen LogP contribution is 2.20. The van der Waals surface area contributed by atoms with Gasteiger partial charge in [-0.25, -0.2) is 9.07 Å². The Morgan fingerprint density at radius 2 is 1.70 bits per heavy atom. The van der Waals surface area contributed by atoms with Gasteiger partial charge in [-0.15, -0.1) is 0 Å². The highest BCUT2D eigenvalue weighted by Gasteiger charge is 2.20. The summed E-state index contributed by atoms with van der Waals surface area (Å²) in [4.78, 5) is 12.5. The first-order chi connectivity index (χ1) is 11.1. The highest BCUT2D eigenvalue weighted by atomic mass is 19.1. The lowest BCUT2D eigenvalue weighted by atomic mass is 10.1. The average Bonchev–Trinajstić information content (AvgIpc) is 2.85. The van der Waals surface area contributed by atoms with Crippen molar-refractivity contribution in [2.24, 2.45) is 0 Å². The number of carbonyl (C=O) groups is 1. The zero-order valence-electron chi connectivity index (χ0n) is 12.9. The van der Waals surface area contributed by atoms with Crippen molar-refractivity contribution in [2.75, 3.05) is 5.32 Å². The van der Waals surface area contributed by atoms with Gasteiger partial charge in [0.25, 0.3) is 5.91 Å². The molecule has 0 aliphatic carbocycles. The fourth-order valence-corrected chi connectivity index (χ4v) is 2.54. The summed E-state index contributed by atoms with van der Waals surface area (Å²) in [6.07, 6.45) is 0. The minimum atomic E-state index is -0.466. The molecule has 0 saturated heterocycles. The monoisotopic (exact) mass is 309 g/mol. The molecule has 0 atom stereocenters. The van der Waals surface area contributed by atoms with Crippen LogP contribution in [-0.2, 0) is 0 Å². The Morgan fingerprint density at radius 3 is 2.39 bits per heavy atom. The Bertz CT molecular complexity index is 856. The van der Waals surface area contributed by atoms with Crippen molar-refractivity contribution in [1.29, 1.82) is 0 Å². The predicted molar refractivity (Wildman–Crippen MR) is 87.4 cm³/mol. The number of amides is 1. The van der Waals surface area contributed by atoms with Crippen LogP contribution in [-0.4, -0.2) is 15.7 Å². The quantitative estimate of drug-likeness (QED) is 0.798. The number of halogens is 1. The second-order valence-electron chi connectivity index (χ2n) is 5.23. The van der Waals surface area contributed by atoms with Gasteiger partial charge in [0, 0.05) is 0 Å². The number of carbonyl (C=O) groups excluding carboxylic acids is 1. The van der Waals surface area contributed by atoms with E-state index >= 15 is 0 Å². The molecule has 0 aliphatic rings. The van der Waals surface area contributed by atoms with Crippen molar-refractivity contribution in [3.63, 3.8) is 0 Å². The molecule has 1 aromatic heterocycles. The molecule has 0 bridgehead atoms. The molecule has 2 aromatic carbocycles. The molecule has 0 unspecified atom stereocenters. The van der Waals surface area contributed by atoms with Crippen LogP contribution in [0, 0.1) is 19.7 Å². The number of nitrogens with one attached hydrogen (secondary N) is 1. The molecule has 5 heteroatoms. The van der Waals surface area contributed by atoms with Gasteiger partial charge in [0.15, 0.2) is 0 Å². The maximum absolute atomic E-state index is 13.7. The lowest BCUT2D eigenvalue weighted by molar-refractivity contribution is 0.102. The van der Waals surface area contributed by atoms with Crippen molar-refractivity contribution < 1.29 is 9.18 Å². The van der Waals surface area contributed by atoms with Crippen LogP contribution in [0.1, 0.15) is 21.7 Å². The van der Waals surface area contributed by atoms with Crippen LogP contribution >= 0.6 is 0 Å². The molecular weight excluding hydrogens is 293 g/mol. The summed E-state index contributed by atoms with van der Waals surface area (Å²) in [5.74, 6) is -0.834. The summed E-state index contributed by atoms with van der Waals surface area (Å²) in [5, 5.41) is 7.03. The van der Waals surface area contributed by atoms with E-state index in [1.807, 2.05) is 37.3 Å². The molecule has 0 fully saturated rings. The maximum Gasteiger partial charge on any atom is 0.259 e. The fourth-order valence-electron chi connectivity index (χ4n) is 2.54. The SMILES string of the molecule is Cc1nn(-c2ccccc2)c(C)c1C(=O)Nc1ccccc1F. The normalized spacial score (nSPS) is 10.6. The van der Waals surface area contributed by atoms with E-state index in [9.17, 15) is 9.18 Å². The molecule has 0 spiro atoms. The molecule has 23 heavy (non-hydrogen) atoms. The summed E-state index contributed by atoms with van der Waals surface area (Å²) in [5.41, 5.74) is 2.79. The average molecular weight is 309 g/mol. The van der Waals surface area contributed by atoms with Crippen molar-refractivity contribution in [3.8, 4) is 5.69 Å². The summed E-state index contributed by atoms with van der Waals surface area (Å²) in [6.45, 7) is 3.59. The highest BCUT2D eigenvalue weighted by molar-refractivity contribution is 6.06. The molecule has 1 heterocycles. The van der Waals surface area contributed by atoms with E-state index in [2.05, 4.69) is 10.4 Å². The number of para-hydroxylation sites is 2. The first-order valence-electron chi connectivity index (χ1n) is 7.25. The maximum atomic E-state index is 13.7. The van der Waals surface area contributed by atoms with E-state index in [1.54, 1.807) is 23.7 Å². The summed E-state index contributed by atoms with van der Waals surface area (Å²) in [6, 6.07) is 15.6. The van der Waals surface area contributed by atoms with Crippen molar-refractivity contribution in [3.05, 3.63) is 77.4 Å². The molecule has 0 saturated carbocycles. The summed E-state index contributed by atoms with van der Waals surface area (Å²) >= 11 is 0. The first kappa shape index (κ1) is 15.0. The molecular formula is C18H16FN3O. The van der Waals surface area contributed by atoms with Crippen LogP contribution in [0.2, 0.25) is 0 Å². The number of benzene rings is 2. The van der Waals surface area contributed by atoms with E-state index in [1.165, 1.54) is 12.1 Å². The van der Waals surface area contributed by atoms with Gasteiger partial charge >= 0.3 is 0 Å². The van der Waals surface area contributed by atoms with Gasteiger partial charge in [0.1, 0.15) is 5.82 Å². The van der Waals surface area contributed by atoms with E-state index in [4.69, 9.17) is 0 Å². The van der Waals surface area contributed by atoms with E-state index < -0.39 is 5.82 Å². The lowest BCUT2D eigenvalue weighted by Crippen LogP contribution is -2.15. The van der Waals surface area contributed by atoms with E-state index in [0.29, 0.717) is 17.0 Å². The fraction of sp³-hybridized carbons (Fsp3) is 0.111. The Hall–Kier alpha value is -2.95. The Morgan fingerprint density at radius 1 is 1.04 bits per heavy atom. The topological polar surface area (TPSA) is 46.9 Å². The number of nitrogens with zero attached hydrogens (tertiary/aromatic N) is 2. The van der Waals surface area contributed by atoms with Crippen LogP contribution in [0.15, 0.2) is 54.6 Å². The van der Waals surface area contributed by atoms with Crippen LogP contribution in [0.4, 0.5) is 10.1 Å². The minimum absolute atomic E-state index is 0.156. The number of hydrogen-bond donors (Lipinski definition) is 1. The van der Waals surface area contributed by atoms with Crippen LogP contribution in [0.5, 0.6) is 0 Å². The smallest absolute Gasteiger partial charge is 0.259 e. The number of hydrogen-bond acceptors (Lipinski definition) is 2. The third kappa shape index (κ3) is 2.85. The minimum Gasteiger partial charge on any atom is -0.319 e. The zero-order valence-corrected chi connectivity index (χ0v) is 12.9. The number of rotatable bonds is 3. The van der Waals surface area contributed by atoms with Crippen molar-refractivity contribution >= 4 is 11.6 Å². The molecule has 1 N–H and O–H groups in total. The Kier molecular flexibility index (Phi) is 3.93. The molecule has 1 amide bonds. The van der Waals surface area contributed by atoms with Gasteiger partial charge in [-0.3, -0.25) is 4.79 Å². The number of aryl methyl sites for hydroxylation is 1. The number of anilines is 1. The molecule has 0 radical (unpaired) electrons. The van der Waals surface area contributed by atoms with Gasteiger partial charge in [-0.1, -0.05) is 30.3 Å². The van der Waals surface area contributed by atoms with Gasteiger partial charge in [-0.2, -0.15) is 5.10 Å². The predicted octanol–water partition coefficient (Wildman–Crippen LogP) is 3.88. The van der Waals surface area contributed by atoms with Crippen molar-refractivity contribution in [2.45, 2.75) is 13.8 Å². The van der Waals surface area contributed by atoms with Crippen LogP contribution < -0.4 is 5.32 Å². The number of aromatic nitrogens is 2. The largest absolute Gasteiger partial charge is 0.319 e. The van der Waals surface area contributed by atoms with Crippen LogP contribution in [0.25, 0.3) is 5.69 Å². The molecule has 3 aromatic rings. The third-order valence-corrected chi connectivity index (χ3v) is 3.64. The van der Waals surface area contributed by atoms with Gasteiger partial charge in [-0.05, 0) is 38.1 Å². The van der Waals surface area contributed by atoms with Gasteiger partial charge < -0.3 is 5.32 Å². The first-order valence-corrected chi connectivity index (χ1v) is 7.25.